The van der Waals surface area contributed by atoms with Gasteiger partial charge in [-0.05, 0) is 117 Å². The molecule has 0 aromatic heterocycles. The molecule has 13 heteroatoms. The van der Waals surface area contributed by atoms with E-state index in [1.165, 1.54) is 12.7 Å². The van der Waals surface area contributed by atoms with E-state index in [-0.39, 0.29) is 46.3 Å². The monoisotopic (exact) mass is 792 g/mol. The van der Waals surface area contributed by atoms with E-state index in [1.807, 2.05) is 6.92 Å². The molecule has 7 aliphatic rings. The number of carbonyl (C=O) groups is 2. The Morgan fingerprint density at radius 1 is 0.786 bits per heavy atom. The second kappa shape index (κ2) is 14.5. The van der Waals surface area contributed by atoms with Crippen molar-refractivity contribution in [2.24, 2.45) is 50.2 Å². The highest BCUT2D eigenvalue weighted by Gasteiger charge is 2.70. The van der Waals surface area contributed by atoms with E-state index in [2.05, 4.69) is 40.7 Å². The van der Waals surface area contributed by atoms with Gasteiger partial charge in [0.1, 0.15) is 36.6 Å². The summed E-state index contributed by atoms with van der Waals surface area (Å²) in [6, 6.07) is 0. The van der Waals surface area contributed by atoms with E-state index in [9.17, 15) is 40.2 Å². The minimum absolute atomic E-state index is 0.0414. The molecule has 2 saturated heterocycles. The maximum Gasteiger partial charge on any atom is 0.314 e. The molecule has 0 aromatic carbocycles. The number of ether oxygens (including phenoxy) is 5. The third-order valence-corrected chi connectivity index (χ3v) is 17.5. The molecule has 2 heterocycles. The van der Waals surface area contributed by atoms with Crippen LogP contribution in [0.3, 0.4) is 0 Å². The van der Waals surface area contributed by atoms with Gasteiger partial charge in [0.25, 0.3) is 0 Å². The molecule has 6 fully saturated rings. The summed E-state index contributed by atoms with van der Waals surface area (Å²) >= 11 is 0. The van der Waals surface area contributed by atoms with E-state index in [4.69, 9.17) is 23.7 Å². The summed E-state index contributed by atoms with van der Waals surface area (Å²) in [5, 5.41) is 62.7. The smallest absolute Gasteiger partial charge is 0.314 e. The zero-order valence-corrected chi connectivity index (χ0v) is 34.6. The molecule has 2 aliphatic heterocycles. The van der Waals surface area contributed by atoms with Crippen LogP contribution in [0.25, 0.3) is 0 Å². The van der Waals surface area contributed by atoms with Crippen LogP contribution in [-0.2, 0) is 33.3 Å². The summed E-state index contributed by atoms with van der Waals surface area (Å²) in [5.41, 5.74) is -1.26. The average Bonchev–Trinajstić information content (AvgIpc) is 3.16. The fourth-order valence-electron chi connectivity index (χ4n) is 13.7. The summed E-state index contributed by atoms with van der Waals surface area (Å²) in [5.74, 6) is -0.437. The molecule has 0 spiro atoms. The van der Waals surface area contributed by atoms with Crippen molar-refractivity contribution in [3.05, 3.63) is 11.6 Å². The van der Waals surface area contributed by atoms with Crippen molar-refractivity contribution in [2.45, 2.75) is 181 Å². The van der Waals surface area contributed by atoms with Crippen molar-refractivity contribution in [3.63, 3.8) is 0 Å². The second-order valence-electron chi connectivity index (χ2n) is 20.3. The summed E-state index contributed by atoms with van der Waals surface area (Å²) in [6.45, 7) is 15.3. The molecule has 7 rings (SSSR count). The number of fused-ring (bicyclic) bond motifs is 7. The number of esters is 2. The van der Waals surface area contributed by atoms with E-state index in [0.29, 0.717) is 43.9 Å². The van der Waals surface area contributed by atoms with Gasteiger partial charge < -0.3 is 54.3 Å². The molecular weight excluding hydrogens is 724 g/mol. The topological polar surface area (TPSA) is 202 Å². The molecule has 0 unspecified atom stereocenters. The Labute approximate surface area is 331 Å². The summed E-state index contributed by atoms with van der Waals surface area (Å²) in [4.78, 5) is 28.1. The van der Waals surface area contributed by atoms with E-state index in [1.54, 1.807) is 6.92 Å². The second-order valence-corrected chi connectivity index (χ2v) is 20.3. The molecule has 4 saturated carbocycles. The highest BCUT2D eigenvalue weighted by atomic mass is 16.7. The number of rotatable bonds is 6. The predicted octanol–water partition coefficient (Wildman–Crippen LogP) is 3.53. The van der Waals surface area contributed by atoms with Gasteiger partial charge in [0.05, 0.1) is 36.8 Å². The first-order chi connectivity index (χ1) is 26.1. The van der Waals surface area contributed by atoms with Gasteiger partial charge in [-0.15, -0.1) is 0 Å². The number of hydrogen-bond donors (Lipinski definition) is 6. The molecule has 13 nitrogen and oxygen atoms in total. The lowest BCUT2D eigenvalue weighted by atomic mass is 9.33. The maximum atomic E-state index is 14.2. The Hall–Kier alpha value is -1.68. The van der Waals surface area contributed by atoms with Crippen molar-refractivity contribution in [2.75, 3.05) is 13.7 Å². The number of aliphatic hydroxyl groups excluding tert-OH is 6. The number of allylic oxidation sites excluding steroid dienone is 2. The Bertz CT molecular complexity index is 1550. The summed E-state index contributed by atoms with van der Waals surface area (Å²) in [6.07, 6.45) is -1.88. The fraction of sp³-hybridized carbons (Fsp3) is 0.907. The van der Waals surface area contributed by atoms with Crippen molar-refractivity contribution >= 4 is 11.9 Å². The molecule has 0 amide bonds. The minimum atomic E-state index is -1.61. The van der Waals surface area contributed by atoms with Crippen molar-refractivity contribution < 1.29 is 63.9 Å². The highest BCUT2D eigenvalue weighted by molar-refractivity contribution is 5.81. The van der Waals surface area contributed by atoms with Crippen LogP contribution in [0.5, 0.6) is 0 Å². The third kappa shape index (κ3) is 6.10. The van der Waals surface area contributed by atoms with Crippen LogP contribution in [0.1, 0.15) is 119 Å². The number of carbonyl (C=O) groups excluding carboxylic acids is 2. The van der Waals surface area contributed by atoms with Crippen LogP contribution in [0, 0.1) is 50.2 Å². The maximum absolute atomic E-state index is 14.2. The first-order valence-corrected chi connectivity index (χ1v) is 21.2. The van der Waals surface area contributed by atoms with Crippen LogP contribution in [0.15, 0.2) is 11.6 Å². The molecule has 0 radical (unpaired) electrons. The Morgan fingerprint density at radius 2 is 1.46 bits per heavy atom. The zero-order chi connectivity index (χ0) is 41.0. The van der Waals surface area contributed by atoms with Gasteiger partial charge in [-0.3, -0.25) is 9.59 Å². The molecule has 0 bridgehead atoms. The van der Waals surface area contributed by atoms with Crippen molar-refractivity contribution in [1.29, 1.82) is 0 Å². The van der Waals surface area contributed by atoms with Crippen LogP contribution in [0.2, 0.25) is 0 Å². The molecule has 18 atom stereocenters. The van der Waals surface area contributed by atoms with E-state index < -0.39 is 72.1 Å². The van der Waals surface area contributed by atoms with E-state index >= 15 is 0 Å². The lowest BCUT2D eigenvalue weighted by molar-refractivity contribution is -0.308. The van der Waals surface area contributed by atoms with Crippen molar-refractivity contribution in [3.8, 4) is 0 Å². The third-order valence-electron chi connectivity index (χ3n) is 17.5. The normalized spacial score (nSPS) is 52.6. The van der Waals surface area contributed by atoms with E-state index in [0.717, 1.165) is 38.5 Å². The van der Waals surface area contributed by atoms with Gasteiger partial charge in [0.15, 0.2) is 6.29 Å². The Kier molecular flexibility index (Phi) is 11.0. The van der Waals surface area contributed by atoms with Crippen LogP contribution >= 0.6 is 0 Å². The van der Waals surface area contributed by atoms with Crippen LogP contribution < -0.4 is 0 Å². The predicted molar refractivity (Wildman–Crippen MR) is 201 cm³/mol. The Balaban J connectivity index is 1.16. The molecule has 318 valence electrons. The number of aliphatic hydroxyl groups is 6. The first kappa shape index (κ1) is 42.4. The molecule has 6 N–H and O–H groups in total. The first-order valence-electron chi connectivity index (χ1n) is 21.2. The lowest BCUT2D eigenvalue weighted by Crippen LogP contribution is -2.66. The van der Waals surface area contributed by atoms with Gasteiger partial charge in [-0.2, -0.15) is 0 Å². The van der Waals surface area contributed by atoms with Gasteiger partial charge in [-0.25, -0.2) is 0 Å². The Morgan fingerprint density at radius 3 is 2.14 bits per heavy atom. The molecule has 56 heavy (non-hydrogen) atoms. The SMILES string of the molecule is CC[C@H]1O[C@@H](OC(=O)[C@]2(C)CC[C@]3(C(=O)OC)CC[C@]4(C)C(=CC[C@@H]5[C@@]6(C)CC[C@H](O[C@@H]7OC[C@@H](O)[C@H](O)[C@H]7O)C(C)(C)[C@@H]6CC[C@]54C)[C@@H]3C2)[C@H](O)[C@@H](O)[C@@H]1O. The number of hydrogen-bond acceptors (Lipinski definition) is 13. The van der Waals surface area contributed by atoms with Gasteiger partial charge in [0.2, 0.25) is 6.29 Å². The molecule has 0 aromatic rings. The van der Waals surface area contributed by atoms with Crippen LogP contribution in [-0.4, -0.2) is 118 Å². The van der Waals surface area contributed by atoms with Crippen molar-refractivity contribution in [1.82, 2.24) is 0 Å². The molecule has 5 aliphatic carbocycles. The molecular formula is C43H68O13. The number of methoxy groups -OCH3 is 1. The van der Waals surface area contributed by atoms with Crippen LogP contribution in [0.4, 0.5) is 0 Å². The van der Waals surface area contributed by atoms with Gasteiger partial charge in [0, 0.05) is 0 Å². The largest absolute Gasteiger partial charge is 0.469 e. The van der Waals surface area contributed by atoms with Gasteiger partial charge >= 0.3 is 11.9 Å². The highest BCUT2D eigenvalue weighted by Crippen LogP contribution is 2.76. The zero-order valence-electron chi connectivity index (χ0n) is 34.6. The quantitative estimate of drug-likeness (QED) is 0.130. The summed E-state index contributed by atoms with van der Waals surface area (Å²) in [7, 11) is 1.44. The fourth-order valence-corrected chi connectivity index (χ4v) is 13.7. The average molecular weight is 793 g/mol. The summed E-state index contributed by atoms with van der Waals surface area (Å²) < 4.78 is 29.3. The minimum Gasteiger partial charge on any atom is -0.469 e. The standard InChI is InChI=1S/C43H68O13/c1-9-25-30(46)31(47)33(49)35(54-25)56-36(50)39(4)16-18-43(37(51)52-8)19-17-41(6)22(23(43)20-39)10-11-27-40(5)14-13-28(38(2,3)26(40)12-15-42(27,41)7)55-34-32(48)29(45)24(44)21-53-34/h10,23-35,44-49H,9,11-21H2,1-8H3/t23-,24+,25+,26-,27+,28-,29-,30+,31-,32+,33+,34-,35-,39+,40-,41+,42+,43-/m0/s1. The van der Waals surface area contributed by atoms with Gasteiger partial charge in [-0.1, -0.05) is 53.2 Å². The lowest BCUT2D eigenvalue weighted by Gasteiger charge is -2.71.